The highest BCUT2D eigenvalue weighted by atomic mass is 19.4. The third-order valence-electron chi connectivity index (χ3n) is 9.19. The molecule has 2 aliphatic heterocycles. The van der Waals surface area contributed by atoms with Crippen molar-refractivity contribution in [2.75, 3.05) is 49.6 Å². The summed E-state index contributed by atoms with van der Waals surface area (Å²) >= 11 is 0. The molecular formula is C34H34F3N9O5. The second-order valence-electron chi connectivity index (χ2n) is 12.3. The van der Waals surface area contributed by atoms with Gasteiger partial charge in [0.2, 0.25) is 11.7 Å². The van der Waals surface area contributed by atoms with E-state index in [9.17, 15) is 32.7 Å². The zero-order chi connectivity index (χ0) is 36.0. The van der Waals surface area contributed by atoms with Gasteiger partial charge in [0.1, 0.15) is 12.2 Å². The van der Waals surface area contributed by atoms with Crippen LogP contribution in [-0.2, 0) is 28.7 Å². The zero-order valence-corrected chi connectivity index (χ0v) is 27.8. The number of halogens is 3. The number of rotatable bonds is 7. The molecule has 0 bridgehead atoms. The quantitative estimate of drug-likeness (QED) is 0.259. The van der Waals surface area contributed by atoms with Gasteiger partial charge in [-0.2, -0.15) is 22.7 Å². The minimum atomic E-state index is -4.53. The lowest BCUT2D eigenvalue weighted by molar-refractivity contribution is -0.137. The summed E-state index contributed by atoms with van der Waals surface area (Å²) in [5, 5.41) is 18.0. The maximum Gasteiger partial charge on any atom is 0.416 e. The fraction of sp³-hybridized carbons (Fsp3) is 0.353. The molecule has 0 aliphatic carbocycles. The molecule has 6 heterocycles. The Morgan fingerprint density at radius 1 is 1.10 bits per heavy atom. The van der Waals surface area contributed by atoms with E-state index >= 15 is 0 Å². The average Bonchev–Trinajstić information content (AvgIpc) is 3.79. The highest BCUT2D eigenvalue weighted by Crippen LogP contribution is 2.32. The Morgan fingerprint density at radius 2 is 1.88 bits per heavy atom. The topological polar surface area (TPSA) is 152 Å². The molecule has 2 amide bonds. The Kier molecular flexibility index (Phi) is 8.74. The molecule has 0 spiro atoms. The number of aromatic nitrogens is 6. The van der Waals surface area contributed by atoms with Crippen molar-refractivity contribution >= 4 is 40.2 Å². The molecule has 5 aromatic rings. The predicted molar refractivity (Wildman–Crippen MR) is 180 cm³/mol. The minimum Gasteiger partial charge on any atom is -0.504 e. The van der Waals surface area contributed by atoms with Gasteiger partial charge in [0.15, 0.2) is 17.2 Å². The molecule has 0 atom stereocenters. The van der Waals surface area contributed by atoms with E-state index in [-0.39, 0.29) is 72.6 Å². The lowest BCUT2D eigenvalue weighted by Gasteiger charge is -2.37. The predicted octanol–water partition coefficient (Wildman–Crippen LogP) is 3.54. The smallest absolute Gasteiger partial charge is 0.416 e. The number of piperazine rings is 1. The van der Waals surface area contributed by atoms with Gasteiger partial charge in [-0.3, -0.25) is 14.4 Å². The van der Waals surface area contributed by atoms with Crippen LogP contribution in [0, 0.1) is 6.92 Å². The number of pyridine rings is 1. The summed E-state index contributed by atoms with van der Waals surface area (Å²) in [5.74, 6) is -0.665. The van der Waals surface area contributed by atoms with Crippen molar-refractivity contribution in [3.05, 3.63) is 87.5 Å². The number of hydrogen-bond donors (Lipinski definition) is 2. The van der Waals surface area contributed by atoms with Gasteiger partial charge in [-0.05, 0) is 55.2 Å². The van der Waals surface area contributed by atoms with Gasteiger partial charge in [0.05, 0.1) is 30.0 Å². The number of carbonyl (C=O) groups is 2. The number of aryl methyl sites for hydroxylation is 1. The molecule has 7 rings (SSSR count). The van der Waals surface area contributed by atoms with Gasteiger partial charge in [-0.15, -0.1) is 5.10 Å². The third-order valence-corrected chi connectivity index (χ3v) is 9.19. The van der Waals surface area contributed by atoms with E-state index in [1.54, 1.807) is 26.3 Å². The van der Waals surface area contributed by atoms with Crippen LogP contribution in [0.1, 0.15) is 46.3 Å². The van der Waals surface area contributed by atoms with E-state index in [4.69, 9.17) is 4.74 Å². The van der Waals surface area contributed by atoms with Crippen LogP contribution in [-0.4, -0.2) is 89.8 Å². The summed E-state index contributed by atoms with van der Waals surface area (Å²) in [6, 6.07) is 4.62. The molecule has 0 saturated carbocycles. The van der Waals surface area contributed by atoms with E-state index in [1.165, 1.54) is 29.8 Å². The van der Waals surface area contributed by atoms with Crippen molar-refractivity contribution in [3.63, 3.8) is 0 Å². The van der Waals surface area contributed by atoms with Crippen LogP contribution in [0.4, 0.5) is 24.5 Å². The van der Waals surface area contributed by atoms with Crippen molar-refractivity contribution in [1.29, 1.82) is 0 Å². The van der Waals surface area contributed by atoms with Crippen LogP contribution in [0.3, 0.4) is 0 Å². The fourth-order valence-corrected chi connectivity index (χ4v) is 6.56. The molecule has 2 aliphatic rings. The number of fused-ring (bicyclic) bond motifs is 2. The van der Waals surface area contributed by atoms with Crippen LogP contribution >= 0.6 is 0 Å². The van der Waals surface area contributed by atoms with Gasteiger partial charge < -0.3 is 33.9 Å². The number of alkyl halides is 3. The number of aromatic hydroxyl groups is 1. The monoisotopic (exact) mass is 705 g/mol. The van der Waals surface area contributed by atoms with E-state index in [2.05, 4.69) is 20.4 Å². The molecule has 0 unspecified atom stereocenters. The van der Waals surface area contributed by atoms with Crippen molar-refractivity contribution in [2.45, 2.75) is 39.4 Å². The minimum absolute atomic E-state index is 0.118. The molecular weight excluding hydrogens is 671 g/mol. The number of hydrogen-bond acceptors (Lipinski definition) is 9. The second kappa shape index (κ2) is 13.2. The Balaban J connectivity index is 1.21. The number of ether oxygens (including phenoxy) is 1. The van der Waals surface area contributed by atoms with Crippen molar-refractivity contribution in [3.8, 4) is 5.75 Å². The van der Waals surface area contributed by atoms with Crippen molar-refractivity contribution in [1.82, 2.24) is 33.4 Å². The van der Waals surface area contributed by atoms with Crippen LogP contribution in [0.25, 0.3) is 17.0 Å². The van der Waals surface area contributed by atoms with Crippen LogP contribution in [0.5, 0.6) is 5.75 Å². The fourth-order valence-electron chi connectivity index (χ4n) is 6.56. The first-order chi connectivity index (χ1) is 24.4. The lowest BCUT2D eigenvalue weighted by Crippen LogP contribution is -2.51. The van der Waals surface area contributed by atoms with Gasteiger partial charge in [-0.25, -0.2) is 4.98 Å². The number of anilines is 2. The Bertz CT molecular complexity index is 2270. The number of nitrogens with zero attached hydrogens (tertiary/aromatic N) is 8. The first kappa shape index (κ1) is 33.8. The van der Waals surface area contributed by atoms with Crippen LogP contribution in [0.15, 0.2) is 53.7 Å². The van der Waals surface area contributed by atoms with E-state index < -0.39 is 23.2 Å². The molecule has 14 nitrogen and oxygen atoms in total. The molecule has 51 heavy (non-hydrogen) atoms. The first-order valence-electron chi connectivity index (χ1n) is 16.4. The molecule has 0 radical (unpaired) electrons. The zero-order valence-electron chi connectivity index (χ0n) is 27.8. The summed E-state index contributed by atoms with van der Waals surface area (Å²) in [6.07, 6.45) is 3.00. The molecule has 4 aromatic heterocycles. The summed E-state index contributed by atoms with van der Waals surface area (Å²) in [4.78, 5) is 53.5. The van der Waals surface area contributed by atoms with Crippen molar-refractivity contribution in [2.24, 2.45) is 0 Å². The Hall–Kier alpha value is -5.71. The van der Waals surface area contributed by atoms with E-state index in [0.717, 1.165) is 17.7 Å². The normalized spacial score (nSPS) is 15.4. The number of carbonyl (C=O) groups excluding carboxylic acids is 2. The molecule has 266 valence electrons. The van der Waals surface area contributed by atoms with Gasteiger partial charge in [-0.1, -0.05) is 13.0 Å². The summed E-state index contributed by atoms with van der Waals surface area (Å²) < 4.78 is 49.6. The number of amides is 2. The second-order valence-corrected chi connectivity index (χ2v) is 12.3. The number of imidazole rings is 1. The van der Waals surface area contributed by atoms with Gasteiger partial charge in [0, 0.05) is 50.5 Å². The number of nitrogens with one attached hydrogen (secondary N) is 1. The van der Waals surface area contributed by atoms with Gasteiger partial charge in [0.25, 0.3) is 11.5 Å². The lowest BCUT2D eigenvalue weighted by atomic mass is 10.1. The highest BCUT2D eigenvalue weighted by Gasteiger charge is 2.32. The molecule has 17 heteroatoms. The molecule has 2 N–H and O–H groups in total. The maximum atomic E-state index is 14.2. The highest BCUT2D eigenvalue weighted by molar-refractivity contribution is 5.98. The van der Waals surface area contributed by atoms with E-state index in [1.807, 2.05) is 17.9 Å². The maximum absolute atomic E-state index is 14.2. The van der Waals surface area contributed by atoms with Gasteiger partial charge >= 0.3 is 6.18 Å². The summed E-state index contributed by atoms with van der Waals surface area (Å²) in [6.45, 7) is 4.86. The Labute approximate surface area is 288 Å². The van der Waals surface area contributed by atoms with Crippen molar-refractivity contribution < 1.29 is 32.6 Å². The standard InChI is InChI=1S/C34H34F3N9O5/c1-3-25-27(42-12-14-44(15-13-42)31(49)23-6-10-43-11-9-38-30(43)28(23)48)32(50)46-33(40-29(41-46)21-7-16-51-17-8-21)45(25)19-26(47)39-24-5-4-22(18-20(24)2)34(35,36)37/h4-7,9-11,18,48H,3,8,12-17,19H2,1-2H3,(H,39,47). The first-order valence-corrected chi connectivity index (χ1v) is 16.4. The SMILES string of the molecule is CCc1c(N2CCN(C(=O)c3ccn4ccnc4c3O)CC2)c(=O)n2nc(C3=CCOCC3)nc2n1CC(=O)Nc1ccc(C(F)(F)F)cc1C. The molecule has 1 fully saturated rings. The van der Waals surface area contributed by atoms with Crippen LogP contribution < -0.4 is 15.8 Å². The Morgan fingerprint density at radius 3 is 2.57 bits per heavy atom. The molecule has 1 aromatic carbocycles. The molecule has 1 saturated heterocycles. The van der Waals surface area contributed by atoms with E-state index in [0.29, 0.717) is 43.3 Å². The van der Waals surface area contributed by atoms with Crippen LogP contribution in [0.2, 0.25) is 0 Å². The third kappa shape index (κ3) is 6.28. The summed E-state index contributed by atoms with van der Waals surface area (Å²) in [7, 11) is 0. The average molecular weight is 706 g/mol. The largest absolute Gasteiger partial charge is 0.504 e. The summed E-state index contributed by atoms with van der Waals surface area (Å²) in [5.41, 5.74) is 1.18. The number of benzene rings is 1.